The molecule has 0 unspecified atom stereocenters. The summed E-state index contributed by atoms with van der Waals surface area (Å²) in [5.41, 5.74) is 0.323. The van der Waals surface area contributed by atoms with Crippen LogP contribution in [-0.2, 0) is 4.79 Å². The monoisotopic (exact) mass is 325 g/mol. The van der Waals surface area contributed by atoms with E-state index in [1.54, 1.807) is 0 Å². The van der Waals surface area contributed by atoms with E-state index in [0.717, 1.165) is 32.2 Å². The highest BCUT2D eigenvalue weighted by molar-refractivity contribution is 5.75. The van der Waals surface area contributed by atoms with Gasteiger partial charge in [-0.1, -0.05) is 27.7 Å². The van der Waals surface area contributed by atoms with Crippen molar-refractivity contribution in [3.8, 4) is 0 Å². The number of aliphatic carboxylic acids is 1. The third-order valence-electron chi connectivity index (χ3n) is 5.41. The number of amides is 2. The quantitative estimate of drug-likeness (QED) is 0.698. The van der Waals surface area contributed by atoms with E-state index in [-0.39, 0.29) is 24.7 Å². The van der Waals surface area contributed by atoms with Crippen molar-refractivity contribution in [2.75, 3.05) is 13.1 Å². The van der Waals surface area contributed by atoms with Gasteiger partial charge in [-0.2, -0.15) is 0 Å². The second kappa shape index (κ2) is 7.07. The van der Waals surface area contributed by atoms with Crippen molar-refractivity contribution < 1.29 is 14.7 Å². The van der Waals surface area contributed by atoms with E-state index in [2.05, 4.69) is 31.4 Å². The molecule has 2 aliphatic rings. The molecule has 0 aromatic carbocycles. The SMILES string of the molecule is CCN(CC(=O)O)C1CC(NC(=O)NC2CC(C(C)(C)C)C2)C1. The molecule has 2 amide bonds. The van der Waals surface area contributed by atoms with Gasteiger partial charge in [-0.15, -0.1) is 0 Å². The van der Waals surface area contributed by atoms with Crippen molar-refractivity contribution in [1.82, 2.24) is 15.5 Å². The lowest BCUT2D eigenvalue weighted by Gasteiger charge is -2.45. The largest absolute Gasteiger partial charge is 0.480 e. The number of nitrogens with zero attached hydrogens (tertiary/aromatic N) is 1. The van der Waals surface area contributed by atoms with E-state index in [0.29, 0.717) is 17.4 Å². The highest BCUT2D eigenvalue weighted by Gasteiger charge is 2.39. The molecule has 2 rings (SSSR count). The van der Waals surface area contributed by atoms with Gasteiger partial charge in [0.1, 0.15) is 0 Å². The Bertz CT molecular complexity index is 435. The Kier molecular flexibility index (Phi) is 5.55. The van der Waals surface area contributed by atoms with Crippen molar-refractivity contribution in [1.29, 1.82) is 0 Å². The van der Waals surface area contributed by atoms with Gasteiger partial charge < -0.3 is 15.7 Å². The molecule has 2 saturated carbocycles. The Hall–Kier alpha value is -1.30. The molecule has 0 aromatic rings. The number of likely N-dealkylation sites (N-methyl/N-ethyl adjacent to an activating group) is 1. The molecule has 0 aromatic heterocycles. The first-order valence-corrected chi connectivity index (χ1v) is 8.72. The molecule has 0 radical (unpaired) electrons. The number of hydrogen-bond donors (Lipinski definition) is 3. The third kappa shape index (κ3) is 4.83. The lowest BCUT2D eigenvalue weighted by atomic mass is 9.66. The Morgan fingerprint density at radius 3 is 2.04 bits per heavy atom. The minimum Gasteiger partial charge on any atom is -0.480 e. The fourth-order valence-corrected chi connectivity index (χ4v) is 3.53. The first-order chi connectivity index (χ1) is 10.7. The number of carboxylic acids is 1. The number of nitrogens with one attached hydrogen (secondary N) is 2. The summed E-state index contributed by atoms with van der Waals surface area (Å²) in [4.78, 5) is 24.8. The molecule has 0 heterocycles. The van der Waals surface area contributed by atoms with Crippen LogP contribution in [0.3, 0.4) is 0 Å². The molecule has 23 heavy (non-hydrogen) atoms. The van der Waals surface area contributed by atoms with Crippen LogP contribution in [0.1, 0.15) is 53.4 Å². The fourth-order valence-electron chi connectivity index (χ4n) is 3.53. The van der Waals surface area contributed by atoms with Gasteiger partial charge in [0.25, 0.3) is 0 Å². The lowest BCUT2D eigenvalue weighted by Crippen LogP contribution is -2.58. The van der Waals surface area contributed by atoms with Crippen LogP contribution in [0, 0.1) is 11.3 Å². The minimum atomic E-state index is -0.792. The Balaban J connectivity index is 1.62. The van der Waals surface area contributed by atoms with Crippen LogP contribution in [0.15, 0.2) is 0 Å². The summed E-state index contributed by atoms with van der Waals surface area (Å²) in [6, 6.07) is 0.665. The first-order valence-electron chi connectivity index (χ1n) is 8.72. The van der Waals surface area contributed by atoms with Gasteiger partial charge in [0.15, 0.2) is 0 Å². The molecule has 0 aliphatic heterocycles. The minimum absolute atomic E-state index is 0.0768. The van der Waals surface area contributed by atoms with Crippen LogP contribution in [0.5, 0.6) is 0 Å². The predicted molar refractivity (Wildman–Crippen MR) is 89.3 cm³/mol. The van der Waals surface area contributed by atoms with Gasteiger partial charge in [0.05, 0.1) is 6.54 Å². The first kappa shape index (κ1) is 18.0. The number of rotatable bonds is 6. The molecule has 0 atom stereocenters. The summed E-state index contributed by atoms with van der Waals surface area (Å²) < 4.78 is 0. The number of carbonyl (C=O) groups excluding carboxylic acids is 1. The van der Waals surface area contributed by atoms with Crippen molar-refractivity contribution in [2.24, 2.45) is 11.3 Å². The van der Waals surface area contributed by atoms with Crippen molar-refractivity contribution in [3.63, 3.8) is 0 Å². The number of carboxylic acid groups (broad SMARTS) is 1. The maximum absolute atomic E-state index is 12.0. The highest BCUT2D eigenvalue weighted by atomic mass is 16.4. The average molecular weight is 325 g/mol. The lowest BCUT2D eigenvalue weighted by molar-refractivity contribution is -0.139. The van der Waals surface area contributed by atoms with E-state index in [9.17, 15) is 9.59 Å². The van der Waals surface area contributed by atoms with E-state index < -0.39 is 5.97 Å². The Morgan fingerprint density at radius 2 is 1.61 bits per heavy atom. The fraction of sp³-hybridized carbons (Fsp3) is 0.882. The van der Waals surface area contributed by atoms with Crippen LogP contribution in [0.25, 0.3) is 0 Å². The molecule has 0 spiro atoms. The predicted octanol–water partition coefficient (Wildman–Crippen LogP) is 2.05. The van der Waals surface area contributed by atoms with Crippen LogP contribution in [0.2, 0.25) is 0 Å². The van der Waals surface area contributed by atoms with Gasteiger partial charge in [0.2, 0.25) is 0 Å². The molecule has 132 valence electrons. The molecule has 6 heteroatoms. The smallest absolute Gasteiger partial charge is 0.317 e. The van der Waals surface area contributed by atoms with Crippen molar-refractivity contribution in [2.45, 2.75) is 71.5 Å². The summed E-state index contributed by atoms with van der Waals surface area (Å²) in [7, 11) is 0. The van der Waals surface area contributed by atoms with Gasteiger partial charge in [0, 0.05) is 18.1 Å². The van der Waals surface area contributed by atoms with E-state index >= 15 is 0 Å². The van der Waals surface area contributed by atoms with Crippen LogP contribution in [-0.4, -0.2) is 53.2 Å². The average Bonchev–Trinajstić information content (AvgIpc) is 2.33. The topological polar surface area (TPSA) is 81.7 Å². The van der Waals surface area contributed by atoms with Crippen LogP contribution < -0.4 is 10.6 Å². The second-order valence-corrected chi connectivity index (χ2v) is 8.13. The summed E-state index contributed by atoms with van der Waals surface area (Å²) >= 11 is 0. The number of carbonyl (C=O) groups is 2. The van der Waals surface area contributed by atoms with Gasteiger partial charge >= 0.3 is 12.0 Å². The highest BCUT2D eigenvalue weighted by Crippen LogP contribution is 2.41. The molecule has 3 N–H and O–H groups in total. The van der Waals surface area contributed by atoms with E-state index in [4.69, 9.17) is 5.11 Å². The summed E-state index contributed by atoms with van der Waals surface area (Å²) in [5, 5.41) is 14.9. The van der Waals surface area contributed by atoms with E-state index in [1.165, 1.54) is 0 Å². The maximum Gasteiger partial charge on any atom is 0.317 e. The van der Waals surface area contributed by atoms with Gasteiger partial charge in [-0.25, -0.2) is 4.79 Å². The Morgan fingerprint density at radius 1 is 1.09 bits per heavy atom. The summed E-state index contributed by atoms with van der Waals surface area (Å²) in [6.07, 6.45) is 3.80. The molecule has 0 bridgehead atoms. The Labute approximate surface area is 139 Å². The molecular weight excluding hydrogens is 294 g/mol. The van der Waals surface area contributed by atoms with Crippen molar-refractivity contribution >= 4 is 12.0 Å². The van der Waals surface area contributed by atoms with Crippen molar-refractivity contribution in [3.05, 3.63) is 0 Å². The third-order valence-corrected chi connectivity index (χ3v) is 5.41. The molecule has 0 saturated heterocycles. The maximum atomic E-state index is 12.0. The summed E-state index contributed by atoms with van der Waals surface area (Å²) in [6.45, 7) is 9.53. The van der Waals surface area contributed by atoms with E-state index in [1.807, 2.05) is 11.8 Å². The molecule has 2 aliphatic carbocycles. The summed E-state index contributed by atoms with van der Waals surface area (Å²) in [5.74, 6) is -0.102. The normalized spacial score (nSPS) is 30.3. The standard InChI is InChI=1S/C17H31N3O3/c1-5-20(10-15(21)22)14-8-13(9-14)19-16(23)18-12-6-11(7-12)17(2,3)4/h11-14H,5-10H2,1-4H3,(H,21,22)(H2,18,19,23). The van der Waals surface area contributed by atoms with Crippen LogP contribution >= 0.6 is 0 Å². The number of hydrogen-bond acceptors (Lipinski definition) is 3. The molecular formula is C17H31N3O3. The number of urea groups is 1. The zero-order valence-electron chi connectivity index (χ0n) is 14.8. The zero-order valence-corrected chi connectivity index (χ0v) is 14.8. The van der Waals surface area contributed by atoms with Gasteiger partial charge in [-0.05, 0) is 43.6 Å². The van der Waals surface area contributed by atoms with Gasteiger partial charge in [-0.3, -0.25) is 9.69 Å². The second-order valence-electron chi connectivity index (χ2n) is 8.13. The zero-order chi connectivity index (χ0) is 17.2. The van der Waals surface area contributed by atoms with Crippen LogP contribution in [0.4, 0.5) is 4.79 Å². The molecule has 6 nitrogen and oxygen atoms in total. The molecule has 2 fully saturated rings.